The Morgan fingerprint density at radius 2 is 1.50 bits per heavy atom. The van der Waals surface area contributed by atoms with Crippen LogP contribution >= 0.6 is 23.2 Å². The molecule has 0 aliphatic rings. The van der Waals surface area contributed by atoms with Crippen LogP contribution in [-0.4, -0.2) is 18.9 Å². The SMILES string of the molecule is COc1c(Cl)cc(C(=O)Nc2ccc(NC(=O)CC(C)C)cc2)cc1Cl. The van der Waals surface area contributed by atoms with Crippen LogP contribution in [-0.2, 0) is 4.79 Å². The minimum absolute atomic E-state index is 0.0423. The second kappa shape index (κ2) is 8.92. The van der Waals surface area contributed by atoms with Crippen LogP contribution in [0.1, 0.15) is 30.6 Å². The first-order chi connectivity index (χ1) is 12.3. The molecular formula is C19H20Cl2N2O3. The zero-order valence-corrected chi connectivity index (χ0v) is 16.2. The number of nitrogens with one attached hydrogen (secondary N) is 2. The van der Waals surface area contributed by atoms with Gasteiger partial charge in [0, 0.05) is 23.4 Å². The van der Waals surface area contributed by atoms with E-state index in [0.29, 0.717) is 29.1 Å². The molecule has 2 aromatic rings. The molecule has 0 saturated carbocycles. The number of amides is 2. The van der Waals surface area contributed by atoms with Crippen molar-refractivity contribution in [2.75, 3.05) is 17.7 Å². The first-order valence-electron chi connectivity index (χ1n) is 8.04. The summed E-state index contributed by atoms with van der Waals surface area (Å²) in [6, 6.07) is 9.83. The van der Waals surface area contributed by atoms with E-state index in [9.17, 15) is 9.59 Å². The van der Waals surface area contributed by atoms with E-state index in [-0.39, 0.29) is 27.8 Å². The van der Waals surface area contributed by atoms with Gasteiger partial charge in [0.15, 0.2) is 5.75 Å². The topological polar surface area (TPSA) is 67.4 Å². The monoisotopic (exact) mass is 394 g/mol. The molecule has 0 fully saturated rings. The van der Waals surface area contributed by atoms with Crippen LogP contribution in [0.25, 0.3) is 0 Å². The fourth-order valence-electron chi connectivity index (χ4n) is 2.31. The summed E-state index contributed by atoms with van der Waals surface area (Å²) in [4.78, 5) is 24.1. The highest BCUT2D eigenvalue weighted by Crippen LogP contribution is 2.34. The number of benzene rings is 2. The van der Waals surface area contributed by atoms with E-state index >= 15 is 0 Å². The molecule has 7 heteroatoms. The van der Waals surface area contributed by atoms with Gasteiger partial charge in [-0.25, -0.2) is 0 Å². The molecule has 2 N–H and O–H groups in total. The van der Waals surface area contributed by atoms with Gasteiger partial charge in [-0.05, 0) is 42.3 Å². The molecule has 0 aliphatic carbocycles. The Morgan fingerprint density at radius 3 is 1.96 bits per heavy atom. The maximum atomic E-state index is 12.4. The van der Waals surface area contributed by atoms with Crippen molar-refractivity contribution in [3.8, 4) is 5.75 Å². The average Bonchev–Trinajstić information content (AvgIpc) is 2.55. The number of carbonyl (C=O) groups is 2. The average molecular weight is 395 g/mol. The van der Waals surface area contributed by atoms with Crippen molar-refractivity contribution in [1.82, 2.24) is 0 Å². The van der Waals surface area contributed by atoms with Crippen molar-refractivity contribution in [3.05, 3.63) is 52.0 Å². The maximum Gasteiger partial charge on any atom is 0.255 e. The summed E-state index contributed by atoms with van der Waals surface area (Å²) in [6.45, 7) is 3.96. The van der Waals surface area contributed by atoms with Crippen LogP contribution < -0.4 is 15.4 Å². The Morgan fingerprint density at radius 1 is 1.00 bits per heavy atom. The normalized spacial score (nSPS) is 10.5. The van der Waals surface area contributed by atoms with E-state index in [0.717, 1.165) is 0 Å². The summed E-state index contributed by atoms with van der Waals surface area (Å²) < 4.78 is 5.07. The van der Waals surface area contributed by atoms with Crippen LogP contribution in [0.2, 0.25) is 10.0 Å². The summed E-state index contributed by atoms with van der Waals surface area (Å²) in [5.74, 6) is 0.218. The van der Waals surface area contributed by atoms with E-state index in [2.05, 4.69) is 10.6 Å². The standard InChI is InChI=1S/C19H20Cl2N2O3/c1-11(2)8-17(24)22-13-4-6-14(7-5-13)23-19(25)12-9-15(20)18(26-3)16(21)10-12/h4-7,9-11H,8H2,1-3H3,(H,22,24)(H,23,25). The largest absolute Gasteiger partial charge is 0.494 e. The van der Waals surface area contributed by atoms with Crippen molar-refractivity contribution in [1.29, 1.82) is 0 Å². The quantitative estimate of drug-likeness (QED) is 0.703. The molecule has 0 aliphatic heterocycles. The highest BCUT2D eigenvalue weighted by Gasteiger charge is 2.14. The number of ether oxygens (including phenoxy) is 1. The fraction of sp³-hybridized carbons (Fsp3) is 0.263. The third-order valence-electron chi connectivity index (χ3n) is 3.48. The van der Waals surface area contributed by atoms with E-state index in [1.807, 2.05) is 13.8 Å². The number of hydrogen-bond donors (Lipinski definition) is 2. The predicted octanol–water partition coefficient (Wildman–Crippen LogP) is 5.24. The van der Waals surface area contributed by atoms with Crippen molar-refractivity contribution in [2.24, 2.45) is 5.92 Å². The van der Waals surface area contributed by atoms with Crippen LogP contribution in [0.3, 0.4) is 0 Å². The third-order valence-corrected chi connectivity index (χ3v) is 4.05. The number of methoxy groups -OCH3 is 1. The molecule has 0 atom stereocenters. The second-order valence-electron chi connectivity index (χ2n) is 6.15. The lowest BCUT2D eigenvalue weighted by molar-refractivity contribution is -0.116. The van der Waals surface area contributed by atoms with Crippen molar-refractivity contribution < 1.29 is 14.3 Å². The Kier molecular flexibility index (Phi) is 6.89. The predicted molar refractivity (Wildman–Crippen MR) is 105 cm³/mol. The van der Waals surface area contributed by atoms with Crippen molar-refractivity contribution in [2.45, 2.75) is 20.3 Å². The van der Waals surface area contributed by atoms with Gasteiger partial charge < -0.3 is 15.4 Å². The summed E-state index contributed by atoms with van der Waals surface area (Å²) in [6.07, 6.45) is 0.456. The van der Waals surface area contributed by atoms with Crippen LogP contribution in [0, 0.1) is 5.92 Å². The van der Waals surface area contributed by atoms with Crippen LogP contribution in [0.4, 0.5) is 11.4 Å². The molecule has 0 unspecified atom stereocenters. The van der Waals surface area contributed by atoms with Gasteiger partial charge in [0.1, 0.15) is 0 Å². The smallest absolute Gasteiger partial charge is 0.255 e. The number of hydrogen-bond acceptors (Lipinski definition) is 3. The molecule has 2 rings (SSSR count). The molecule has 0 aromatic heterocycles. The number of rotatable bonds is 6. The van der Waals surface area contributed by atoms with Gasteiger partial charge >= 0.3 is 0 Å². The molecule has 0 spiro atoms. The fourth-order valence-corrected chi connectivity index (χ4v) is 2.95. The van der Waals surface area contributed by atoms with Crippen molar-refractivity contribution in [3.63, 3.8) is 0 Å². The minimum atomic E-state index is -0.354. The number of carbonyl (C=O) groups excluding carboxylic acids is 2. The summed E-state index contributed by atoms with van der Waals surface area (Å²) >= 11 is 12.1. The first-order valence-corrected chi connectivity index (χ1v) is 8.80. The molecular weight excluding hydrogens is 375 g/mol. The van der Waals surface area contributed by atoms with Crippen LogP contribution in [0.15, 0.2) is 36.4 Å². The van der Waals surface area contributed by atoms with E-state index in [1.54, 1.807) is 24.3 Å². The lowest BCUT2D eigenvalue weighted by Crippen LogP contribution is -2.14. The van der Waals surface area contributed by atoms with Gasteiger partial charge in [-0.2, -0.15) is 0 Å². The highest BCUT2D eigenvalue weighted by atomic mass is 35.5. The lowest BCUT2D eigenvalue weighted by Gasteiger charge is -2.11. The summed E-state index contributed by atoms with van der Waals surface area (Å²) in [5.41, 5.74) is 1.57. The molecule has 26 heavy (non-hydrogen) atoms. The Labute approximate surface area is 162 Å². The van der Waals surface area contributed by atoms with E-state index in [1.165, 1.54) is 19.2 Å². The van der Waals surface area contributed by atoms with Gasteiger partial charge in [0.25, 0.3) is 5.91 Å². The molecule has 2 aromatic carbocycles. The molecule has 0 bridgehead atoms. The zero-order chi connectivity index (χ0) is 19.3. The van der Waals surface area contributed by atoms with E-state index < -0.39 is 0 Å². The van der Waals surface area contributed by atoms with Gasteiger partial charge in [-0.1, -0.05) is 37.0 Å². The maximum absolute atomic E-state index is 12.4. The van der Waals surface area contributed by atoms with Gasteiger partial charge in [0.2, 0.25) is 5.91 Å². The Hall–Kier alpha value is -2.24. The molecule has 0 heterocycles. The summed E-state index contributed by atoms with van der Waals surface area (Å²) in [7, 11) is 1.45. The molecule has 0 radical (unpaired) electrons. The van der Waals surface area contributed by atoms with Gasteiger partial charge in [-0.15, -0.1) is 0 Å². The number of halogens is 2. The molecule has 0 saturated heterocycles. The first kappa shape index (κ1) is 20.1. The highest BCUT2D eigenvalue weighted by molar-refractivity contribution is 6.37. The molecule has 2 amide bonds. The zero-order valence-electron chi connectivity index (χ0n) is 14.7. The Balaban J connectivity index is 2.05. The third kappa shape index (κ3) is 5.38. The summed E-state index contributed by atoms with van der Waals surface area (Å²) in [5, 5.41) is 6.08. The molecule has 138 valence electrons. The van der Waals surface area contributed by atoms with Gasteiger partial charge in [-0.3, -0.25) is 9.59 Å². The van der Waals surface area contributed by atoms with Crippen molar-refractivity contribution >= 4 is 46.4 Å². The second-order valence-corrected chi connectivity index (χ2v) is 6.97. The Bertz CT molecular complexity index is 782. The van der Waals surface area contributed by atoms with Gasteiger partial charge in [0.05, 0.1) is 17.2 Å². The molecule has 5 nitrogen and oxygen atoms in total. The van der Waals surface area contributed by atoms with Crippen LogP contribution in [0.5, 0.6) is 5.75 Å². The number of anilines is 2. The minimum Gasteiger partial charge on any atom is -0.494 e. The lowest BCUT2D eigenvalue weighted by atomic mass is 10.1. The van der Waals surface area contributed by atoms with E-state index in [4.69, 9.17) is 27.9 Å².